The summed E-state index contributed by atoms with van der Waals surface area (Å²) in [5, 5.41) is 11.2. The lowest BCUT2D eigenvalue weighted by Crippen LogP contribution is -2.35. The Morgan fingerprint density at radius 3 is 2.50 bits per heavy atom. The summed E-state index contributed by atoms with van der Waals surface area (Å²) in [5.41, 5.74) is 2.12. The number of hydrogen-bond donors (Lipinski definition) is 1. The number of benzene rings is 2. The number of likely N-dealkylation sites (tertiary alicyclic amines) is 1. The van der Waals surface area contributed by atoms with Crippen molar-refractivity contribution in [2.45, 2.75) is 13.0 Å². The second kappa shape index (κ2) is 10.1. The van der Waals surface area contributed by atoms with Crippen LogP contribution >= 0.6 is 15.9 Å². The van der Waals surface area contributed by atoms with Crippen LogP contribution < -0.4 is 4.74 Å². The van der Waals surface area contributed by atoms with Gasteiger partial charge < -0.3 is 19.6 Å². The fraction of sp³-hybridized carbons (Fsp3) is 0.280. The first-order chi connectivity index (χ1) is 15.2. The lowest BCUT2D eigenvalue weighted by atomic mass is 9.95. The van der Waals surface area contributed by atoms with Crippen LogP contribution in [0.1, 0.15) is 22.7 Å². The summed E-state index contributed by atoms with van der Waals surface area (Å²) in [6.07, 6.45) is 1.65. The molecule has 1 saturated heterocycles. The van der Waals surface area contributed by atoms with Crippen LogP contribution in [0.15, 0.2) is 65.2 Å². The molecule has 168 valence electrons. The summed E-state index contributed by atoms with van der Waals surface area (Å²) in [5.74, 6) is -0.817. The molecular formula is C25H27BrN2O4. The van der Waals surface area contributed by atoms with Crippen molar-refractivity contribution in [1.82, 2.24) is 9.80 Å². The maximum absolute atomic E-state index is 13.1. The van der Waals surface area contributed by atoms with Gasteiger partial charge in [-0.05, 0) is 62.5 Å². The van der Waals surface area contributed by atoms with E-state index < -0.39 is 17.7 Å². The predicted molar refractivity (Wildman–Crippen MR) is 129 cm³/mol. The third kappa shape index (κ3) is 4.95. The van der Waals surface area contributed by atoms with Gasteiger partial charge in [0.1, 0.15) is 18.1 Å². The number of likely N-dealkylation sites (N-methyl/N-ethyl adjacent to an activating group) is 1. The zero-order chi connectivity index (χ0) is 23.4. The predicted octanol–water partition coefficient (Wildman–Crippen LogP) is 4.31. The molecule has 2 aromatic rings. The molecule has 0 saturated carbocycles. The first-order valence-electron chi connectivity index (χ1n) is 10.3. The molecule has 3 rings (SSSR count). The van der Waals surface area contributed by atoms with Crippen LogP contribution in [0.25, 0.3) is 5.76 Å². The van der Waals surface area contributed by atoms with Crippen molar-refractivity contribution in [2.75, 3.05) is 33.8 Å². The number of ether oxygens (including phenoxy) is 1. The van der Waals surface area contributed by atoms with Gasteiger partial charge in [0.2, 0.25) is 0 Å². The topological polar surface area (TPSA) is 70.1 Å². The number of rotatable bonds is 8. The number of carbonyl (C=O) groups excluding carboxylic acids is 2. The first kappa shape index (κ1) is 23.8. The smallest absolute Gasteiger partial charge is 0.295 e. The highest BCUT2D eigenvalue weighted by Crippen LogP contribution is 2.40. The number of aliphatic hydroxyl groups excluding tert-OH is 1. The molecule has 32 heavy (non-hydrogen) atoms. The van der Waals surface area contributed by atoms with Gasteiger partial charge in [0, 0.05) is 23.1 Å². The third-order valence-corrected chi connectivity index (χ3v) is 5.85. The average molecular weight is 499 g/mol. The minimum absolute atomic E-state index is 0.0928. The van der Waals surface area contributed by atoms with Gasteiger partial charge >= 0.3 is 0 Å². The van der Waals surface area contributed by atoms with E-state index in [1.54, 1.807) is 24.3 Å². The van der Waals surface area contributed by atoms with Crippen LogP contribution in [0.5, 0.6) is 5.75 Å². The third-order valence-electron chi connectivity index (χ3n) is 5.32. The molecular weight excluding hydrogens is 472 g/mol. The Morgan fingerprint density at radius 2 is 1.91 bits per heavy atom. The molecule has 0 aromatic heterocycles. The minimum Gasteiger partial charge on any atom is -0.507 e. The number of ketones is 1. The largest absolute Gasteiger partial charge is 0.507 e. The normalized spacial score (nSPS) is 17.8. The molecule has 0 bridgehead atoms. The molecule has 1 heterocycles. The Kier molecular flexibility index (Phi) is 7.53. The average Bonchev–Trinajstić information content (AvgIpc) is 3.01. The molecule has 7 heteroatoms. The molecule has 1 amide bonds. The van der Waals surface area contributed by atoms with Crippen LogP contribution in [0, 0.1) is 6.92 Å². The van der Waals surface area contributed by atoms with Crippen LogP contribution in [0.4, 0.5) is 0 Å². The summed E-state index contributed by atoms with van der Waals surface area (Å²) >= 11 is 3.42. The second-order valence-corrected chi connectivity index (χ2v) is 8.84. The quantitative estimate of drug-likeness (QED) is 0.254. The van der Waals surface area contributed by atoms with E-state index in [9.17, 15) is 14.7 Å². The highest BCUT2D eigenvalue weighted by molar-refractivity contribution is 9.10. The molecule has 0 spiro atoms. The summed E-state index contributed by atoms with van der Waals surface area (Å²) in [6.45, 7) is 6.82. The Bertz CT molecular complexity index is 1060. The van der Waals surface area contributed by atoms with Crippen molar-refractivity contribution in [3.8, 4) is 5.75 Å². The van der Waals surface area contributed by atoms with Crippen LogP contribution in [0.2, 0.25) is 0 Å². The maximum atomic E-state index is 13.1. The van der Waals surface area contributed by atoms with E-state index in [2.05, 4.69) is 22.5 Å². The summed E-state index contributed by atoms with van der Waals surface area (Å²) in [7, 11) is 3.81. The highest BCUT2D eigenvalue weighted by atomic mass is 79.9. The molecule has 2 aromatic carbocycles. The van der Waals surface area contributed by atoms with Crippen molar-refractivity contribution in [1.29, 1.82) is 0 Å². The van der Waals surface area contributed by atoms with E-state index in [-0.39, 0.29) is 11.3 Å². The lowest BCUT2D eigenvalue weighted by Gasteiger charge is -2.26. The molecule has 6 nitrogen and oxygen atoms in total. The number of aryl methyl sites for hydroxylation is 1. The molecule has 1 N–H and O–H groups in total. The van der Waals surface area contributed by atoms with Gasteiger partial charge in [0.25, 0.3) is 11.7 Å². The SMILES string of the molecule is C=CCOc1ccc(C(O)=C2C(=O)C(=O)N(CCN(C)C)[C@@H]2c2ccc(Br)cc2)cc1C. The van der Waals surface area contributed by atoms with Crippen molar-refractivity contribution in [3.63, 3.8) is 0 Å². The lowest BCUT2D eigenvalue weighted by molar-refractivity contribution is -0.140. The molecule has 0 radical (unpaired) electrons. The van der Waals surface area contributed by atoms with E-state index in [1.165, 1.54) is 4.90 Å². The van der Waals surface area contributed by atoms with Crippen molar-refractivity contribution >= 4 is 33.4 Å². The number of halogens is 1. The molecule has 1 atom stereocenters. The fourth-order valence-electron chi connectivity index (χ4n) is 3.67. The van der Waals surface area contributed by atoms with Gasteiger partial charge in [-0.2, -0.15) is 0 Å². The van der Waals surface area contributed by atoms with Crippen LogP contribution in [0.3, 0.4) is 0 Å². The monoisotopic (exact) mass is 498 g/mol. The maximum Gasteiger partial charge on any atom is 0.295 e. The van der Waals surface area contributed by atoms with Gasteiger partial charge in [-0.3, -0.25) is 9.59 Å². The first-order valence-corrected chi connectivity index (χ1v) is 11.1. The number of nitrogens with zero attached hydrogens (tertiary/aromatic N) is 2. The summed E-state index contributed by atoms with van der Waals surface area (Å²) in [6, 6.07) is 11.9. The number of carbonyl (C=O) groups is 2. The summed E-state index contributed by atoms with van der Waals surface area (Å²) in [4.78, 5) is 29.5. The van der Waals surface area contributed by atoms with Crippen molar-refractivity contribution in [2.24, 2.45) is 0 Å². The van der Waals surface area contributed by atoms with Gasteiger partial charge in [-0.15, -0.1) is 0 Å². The second-order valence-electron chi connectivity index (χ2n) is 7.93. The number of aliphatic hydroxyl groups is 1. The van der Waals surface area contributed by atoms with Crippen LogP contribution in [-0.2, 0) is 9.59 Å². The van der Waals surface area contributed by atoms with E-state index in [0.29, 0.717) is 31.0 Å². The van der Waals surface area contributed by atoms with Crippen molar-refractivity contribution in [3.05, 3.63) is 81.9 Å². The van der Waals surface area contributed by atoms with Gasteiger partial charge in [0.15, 0.2) is 0 Å². The Labute approximate surface area is 196 Å². The Balaban J connectivity index is 2.09. The Hall–Kier alpha value is -2.90. The number of amides is 1. The van der Waals surface area contributed by atoms with E-state index in [1.807, 2.05) is 50.2 Å². The van der Waals surface area contributed by atoms with Gasteiger partial charge in [0.05, 0.1) is 11.6 Å². The molecule has 1 aliphatic heterocycles. The minimum atomic E-state index is -0.682. The molecule has 0 unspecified atom stereocenters. The highest BCUT2D eigenvalue weighted by Gasteiger charge is 2.45. The van der Waals surface area contributed by atoms with E-state index in [4.69, 9.17) is 4.74 Å². The van der Waals surface area contributed by atoms with Gasteiger partial charge in [-0.1, -0.05) is 40.7 Å². The zero-order valence-electron chi connectivity index (χ0n) is 18.5. The summed E-state index contributed by atoms with van der Waals surface area (Å²) < 4.78 is 6.49. The number of Topliss-reactive ketones (excluding diaryl/α,β-unsaturated/α-hetero) is 1. The van der Waals surface area contributed by atoms with Crippen molar-refractivity contribution < 1.29 is 19.4 Å². The standard InChI is InChI=1S/C25H27BrN2O4/c1-5-14-32-20-11-8-18(15-16(20)2)23(29)21-22(17-6-9-19(26)10-7-17)28(13-12-27(3)4)25(31)24(21)30/h5-11,15,22,29H,1,12-14H2,2-4H3/t22-/m1/s1. The van der Waals surface area contributed by atoms with E-state index in [0.717, 1.165) is 15.6 Å². The molecule has 1 aliphatic rings. The van der Waals surface area contributed by atoms with Crippen LogP contribution in [-0.4, -0.2) is 60.4 Å². The molecule has 1 fully saturated rings. The number of hydrogen-bond acceptors (Lipinski definition) is 5. The Morgan fingerprint density at radius 1 is 1.22 bits per heavy atom. The fourth-order valence-corrected chi connectivity index (χ4v) is 3.94. The van der Waals surface area contributed by atoms with Gasteiger partial charge in [-0.25, -0.2) is 0 Å². The zero-order valence-corrected chi connectivity index (χ0v) is 20.1. The van der Waals surface area contributed by atoms with E-state index >= 15 is 0 Å². The molecule has 0 aliphatic carbocycles.